The zero-order chi connectivity index (χ0) is 20.0. The maximum atomic E-state index is 10.4. The van der Waals surface area contributed by atoms with Crippen molar-refractivity contribution >= 4 is 22.7 Å². The number of benzene rings is 2. The summed E-state index contributed by atoms with van der Waals surface area (Å²) in [6.45, 7) is 0. The molecule has 0 saturated carbocycles. The van der Waals surface area contributed by atoms with E-state index in [1.54, 1.807) is 0 Å². The van der Waals surface area contributed by atoms with E-state index in [1.807, 2.05) is 0 Å². The third-order valence-corrected chi connectivity index (χ3v) is 2.74. The van der Waals surface area contributed by atoms with Crippen LogP contribution >= 0.6 is 0 Å². The Morgan fingerprint density at radius 3 is 1.38 bits per heavy atom. The molecule has 0 radical (unpaired) electrons. The van der Waals surface area contributed by atoms with Crippen molar-refractivity contribution in [2.75, 3.05) is 0 Å². The summed E-state index contributed by atoms with van der Waals surface area (Å²) in [5.74, 6) is -1.51. The molecule has 2 aromatic carbocycles. The highest BCUT2D eigenvalue weighted by molar-refractivity contribution is 5.64. The van der Waals surface area contributed by atoms with Gasteiger partial charge in [-0.3, -0.25) is 40.5 Å². The highest BCUT2D eigenvalue weighted by Crippen LogP contribution is 2.38. The van der Waals surface area contributed by atoms with E-state index in [0.717, 1.165) is 0 Å². The Morgan fingerprint density at radius 1 is 0.654 bits per heavy atom. The number of hydrogen-bond acceptors (Lipinski definition) is 10. The van der Waals surface area contributed by atoms with Gasteiger partial charge in [0.05, 0.1) is 31.8 Å². The van der Waals surface area contributed by atoms with Crippen LogP contribution in [0.1, 0.15) is 0 Å². The van der Waals surface area contributed by atoms with Crippen molar-refractivity contribution in [3.8, 4) is 11.5 Å². The smallest absolute Gasteiger partial charge is 0.324 e. The molecule has 14 nitrogen and oxygen atoms in total. The molecule has 2 rings (SSSR count). The summed E-state index contributed by atoms with van der Waals surface area (Å²) < 4.78 is 0. The standard InChI is InChI=1S/C6H3N3O7.C6H5NO3/c10-6-4(8(13)14)1-3(7(11)12)2-5(6)9(15)16;8-6-4-2-1-3-5(6)7(9)10/h1-2,10H;1-4,8H. The molecule has 14 heteroatoms. The van der Waals surface area contributed by atoms with E-state index in [-0.39, 0.29) is 11.4 Å². The number of rotatable bonds is 4. The van der Waals surface area contributed by atoms with Crippen LogP contribution in [0.4, 0.5) is 22.7 Å². The summed E-state index contributed by atoms with van der Waals surface area (Å²) in [6.07, 6.45) is 0. The molecular weight excluding hydrogens is 360 g/mol. The average molecular weight is 368 g/mol. The first-order valence-corrected chi connectivity index (χ1v) is 6.28. The van der Waals surface area contributed by atoms with Crippen LogP contribution in [-0.4, -0.2) is 29.9 Å². The molecule has 0 aromatic heterocycles. The molecule has 0 saturated heterocycles. The molecule has 0 amide bonds. The molecule has 2 N–H and O–H groups in total. The van der Waals surface area contributed by atoms with Crippen LogP contribution in [0.3, 0.4) is 0 Å². The summed E-state index contributed by atoms with van der Waals surface area (Å²) in [5.41, 5.74) is -3.26. The van der Waals surface area contributed by atoms with Gasteiger partial charge in [-0.1, -0.05) is 12.1 Å². The Kier molecular flexibility index (Phi) is 6.02. The lowest BCUT2D eigenvalue weighted by Gasteiger charge is -1.97. The molecule has 136 valence electrons. The molecule has 0 aliphatic carbocycles. The van der Waals surface area contributed by atoms with Crippen molar-refractivity contribution in [1.82, 2.24) is 0 Å². The second-order valence-electron chi connectivity index (χ2n) is 4.35. The minimum absolute atomic E-state index is 0.262. The fourth-order valence-electron chi connectivity index (χ4n) is 1.59. The predicted molar refractivity (Wildman–Crippen MR) is 82.8 cm³/mol. The number of nitro groups is 4. The zero-order valence-electron chi connectivity index (χ0n) is 12.4. The highest BCUT2D eigenvalue weighted by Gasteiger charge is 2.30. The number of phenolic OH excluding ortho intramolecular Hbond substituents is 2. The third-order valence-electron chi connectivity index (χ3n) is 2.74. The normalized spacial score (nSPS) is 9.54. The number of nitrogens with zero attached hydrogens (tertiary/aromatic N) is 4. The summed E-state index contributed by atoms with van der Waals surface area (Å²) in [7, 11) is 0. The summed E-state index contributed by atoms with van der Waals surface area (Å²) in [6, 6.07) is 6.44. The molecule has 0 heterocycles. The van der Waals surface area contributed by atoms with Crippen LogP contribution in [0.15, 0.2) is 36.4 Å². The van der Waals surface area contributed by atoms with Crippen LogP contribution in [0.25, 0.3) is 0 Å². The van der Waals surface area contributed by atoms with Crippen LogP contribution in [-0.2, 0) is 0 Å². The van der Waals surface area contributed by atoms with Crippen molar-refractivity contribution in [2.24, 2.45) is 0 Å². The van der Waals surface area contributed by atoms with E-state index in [9.17, 15) is 40.5 Å². The molecule has 0 unspecified atom stereocenters. The van der Waals surface area contributed by atoms with Crippen LogP contribution in [0, 0.1) is 40.5 Å². The van der Waals surface area contributed by atoms with Gasteiger partial charge < -0.3 is 10.2 Å². The van der Waals surface area contributed by atoms with Gasteiger partial charge in [0.1, 0.15) is 0 Å². The first-order chi connectivity index (χ1) is 12.1. The predicted octanol–water partition coefficient (Wildman–Crippen LogP) is 2.42. The Morgan fingerprint density at radius 2 is 1.08 bits per heavy atom. The largest absolute Gasteiger partial charge is 0.502 e. The van der Waals surface area contributed by atoms with E-state index in [1.165, 1.54) is 24.3 Å². The SMILES string of the molecule is O=[N+]([O-])c1cc([N+](=O)[O-])c(O)c([N+](=O)[O-])c1.O=[N+]([O-])c1ccccc1O. The van der Waals surface area contributed by atoms with E-state index in [4.69, 9.17) is 10.2 Å². The molecule has 26 heavy (non-hydrogen) atoms. The Balaban J connectivity index is 0.000000289. The van der Waals surface area contributed by atoms with E-state index < -0.39 is 42.5 Å². The van der Waals surface area contributed by atoms with Gasteiger partial charge in [-0.25, -0.2) is 0 Å². The van der Waals surface area contributed by atoms with Gasteiger partial charge in [0.25, 0.3) is 11.4 Å². The topological polar surface area (TPSA) is 213 Å². The first kappa shape index (κ1) is 19.7. The van der Waals surface area contributed by atoms with Crippen LogP contribution in [0.5, 0.6) is 11.5 Å². The molecule has 0 aliphatic rings. The number of nitro benzene ring substituents is 4. The zero-order valence-corrected chi connectivity index (χ0v) is 12.4. The number of hydrogen-bond donors (Lipinski definition) is 2. The lowest BCUT2D eigenvalue weighted by atomic mass is 10.2. The number of para-hydroxylation sites is 2. The van der Waals surface area contributed by atoms with E-state index in [0.29, 0.717) is 12.1 Å². The van der Waals surface area contributed by atoms with Crippen LogP contribution < -0.4 is 0 Å². The second kappa shape index (κ2) is 7.95. The van der Waals surface area contributed by atoms with Gasteiger partial charge in [0.2, 0.25) is 0 Å². The van der Waals surface area contributed by atoms with Gasteiger partial charge >= 0.3 is 17.1 Å². The minimum Gasteiger partial charge on any atom is -0.502 e. The van der Waals surface area contributed by atoms with E-state index in [2.05, 4.69) is 0 Å². The van der Waals surface area contributed by atoms with Crippen molar-refractivity contribution in [3.63, 3.8) is 0 Å². The number of non-ortho nitro benzene ring substituents is 1. The lowest BCUT2D eigenvalue weighted by molar-refractivity contribution is -0.404. The van der Waals surface area contributed by atoms with Gasteiger partial charge in [0, 0.05) is 6.07 Å². The van der Waals surface area contributed by atoms with Crippen LogP contribution in [0.2, 0.25) is 0 Å². The fraction of sp³-hybridized carbons (Fsp3) is 0. The highest BCUT2D eigenvalue weighted by atomic mass is 16.6. The molecule has 0 aliphatic heterocycles. The maximum absolute atomic E-state index is 10.4. The summed E-state index contributed by atoms with van der Waals surface area (Å²) >= 11 is 0. The van der Waals surface area contributed by atoms with Gasteiger partial charge in [-0.2, -0.15) is 0 Å². The van der Waals surface area contributed by atoms with E-state index >= 15 is 0 Å². The number of aromatic hydroxyl groups is 2. The quantitative estimate of drug-likeness (QED) is 0.593. The number of phenols is 2. The average Bonchev–Trinajstić information content (AvgIpc) is 2.55. The molecule has 0 spiro atoms. The molecule has 0 bridgehead atoms. The Bertz CT molecular complexity index is 862. The van der Waals surface area contributed by atoms with Crippen molar-refractivity contribution in [2.45, 2.75) is 0 Å². The van der Waals surface area contributed by atoms with Gasteiger partial charge in [-0.05, 0) is 6.07 Å². The summed E-state index contributed by atoms with van der Waals surface area (Å²) in [5, 5.41) is 59.1. The first-order valence-electron chi connectivity index (χ1n) is 6.28. The Labute approximate surface area is 142 Å². The maximum Gasteiger partial charge on any atom is 0.324 e. The van der Waals surface area contributed by atoms with Crippen molar-refractivity contribution in [1.29, 1.82) is 0 Å². The summed E-state index contributed by atoms with van der Waals surface area (Å²) in [4.78, 5) is 37.2. The lowest BCUT2D eigenvalue weighted by Crippen LogP contribution is -1.97. The monoisotopic (exact) mass is 368 g/mol. The minimum atomic E-state index is -1.21. The van der Waals surface area contributed by atoms with Crippen molar-refractivity contribution in [3.05, 3.63) is 76.9 Å². The fourth-order valence-corrected chi connectivity index (χ4v) is 1.59. The molecule has 0 fully saturated rings. The molecular formula is C12H8N4O10. The third kappa shape index (κ3) is 4.57. The second-order valence-corrected chi connectivity index (χ2v) is 4.35. The van der Waals surface area contributed by atoms with Crippen molar-refractivity contribution < 1.29 is 29.9 Å². The molecule has 0 atom stereocenters. The molecule has 2 aromatic rings. The van der Waals surface area contributed by atoms with Gasteiger partial charge in [0.15, 0.2) is 5.75 Å². The Hall–Kier alpha value is -4.36. The van der Waals surface area contributed by atoms with Gasteiger partial charge in [-0.15, -0.1) is 0 Å².